The molecule has 0 unspecified atom stereocenters. The molecule has 0 saturated heterocycles. The number of amides is 1. The highest BCUT2D eigenvalue weighted by Gasteiger charge is 2.27. The minimum atomic E-state index is -0.156. The van der Waals surface area contributed by atoms with Gasteiger partial charge in [0.1, 0.15) is 5.69 Å². The third-order valence-electron chi connectivity index (χ3n) is 3.42. The first-order valence-electron chi connectivity index (χ1n) is 6.71. The molecular formula is C13H16N6O. The first-order valence-corrected chi connectivity index (χ1v) is 6.71. The first kappa shape index (κ1) is 12.7. The Morgan fingerprint density at radius 2 is 2.15 bits per heavy atom. The molecular weight excluding hydrogens is 256 g/mol. The van der Waals surface area contributed by atoms with Crippen molar-refractivity contribution in [2.75, 3.05) is 11.4 Å². The molecule has 0 fully saturated rings. The Labute approximate surface area is 116 Å². The van der Waals surface area contributed by atoms with E-state index in [1.54, 1.807) is 21.8 Å². The molecule has 0 N–H and O–H groups in total. The molecule has 7 nitrogen and oxygen atoms in total. The summed E-state index contributed by atoms with van der Waals surface area (Å²) in [5.74, 6) is 0.737. The van der Waals surface area contributed by atoms with Gasteiger partial charge in [-0.3, -0.25) is 14.7 Å². The van der Waals surface area contributed by atoms with Crippen LogP contribution in [-0.2, 0) is 6.54 Å². The Morgan fingerprint density at radius 3 is 2.85 bits per heavy atom. The molecule has 0 spiro atoms. The summed E-state index contributed by atoms with van der Waals surface area (Å²) in [7, 11) is 0. The Morgan fingerprint density at radius 1 is 1.30 bits per heavy atom. The second-order valence-corrected chi connectivity index (χ2v) is 5.14. The SMILES string of the molecule is CC(C)c1ccc(C(=O)N2CCCn3nnnc32)nc1. The van der Waals surface area contributed by atoms with E-state index in [0.29, 0.717) is 24.1 Å². The van der Waals surface area contributed by atoms with Crippen molar-refractivity contribution in [2.45, 2.75) is 32.7 Å². The van der Waals surface area contributed by atoms with E-state index in [9.17, 15) is 4.79 Å². The number of aromatic nitrogens is 5. The maximum absolute atomic E-state index is 12.5. The summed E-state index contributed by atoms with van der Waals surface area (Å²) in [4.78, 5) is 18.3. The lowest BCUT2D eigenvalue weighted by Gasteiger charge is -2.24. The largest absolute Gasteiger partial charge is 0.279 e. The molecule has 0 radical (unpaired) electrons. The number of aryl methyl sites for hydroxylation is 1. The van der Waals surface area contributed by atoms with Crippen LogP contribution >= 0.6 is 0 Å². The highest BCUT2D eigenvalue weighted by Crippen LogP contribution is 2.19. The Bertz CT molecular complexity index is 618. The molecule has 3 heterocycles. The highest BCUT2D eigenvalue weighted by atomic mass is 16.2. The number of hydrogen-bond donors (Lipinski definition) is 0. The molecule has 0 bridgehead atoms. The van der Waals surface area contributed by atoms with Crippen LogP contribution in [0.15, 0.2) is 18.3 Å². The normalized spacial score (nSPS) is 14.4. The molecule has 1 amide bonds. The Kier molecular flexibility index (Phi) is 3.17. The van der Waals surface area contributed by atoms with Crippen LogP contribution in [0.5, 0.6) is 0 Å². The summed E-state index contributed by atoms with van der Waals surface area (Å²) in [5, 5.41) is 11.4. The number of nitrogens with zero attached hydrogens (tertiary/aromatic N) is 6. The van der Waals surface area contributed by atoms with E-state index in [2.05, 4.69) is 34.4 Å². The van der Waals surface area contributed by atoms with Gasteiger partial charge in [-0.05, 0) is 34.4 Å². The van der Waals surface area contributed by atoms with Gasteiger partial charge in [0.15, 0.2) is 0 Å². The number of anilines is 1. The average Bonchev–Trinajstić information content (AvgIpc) is 2.95. The molecule has 104 valence electrons. The average molecular weight is 272 g/mol. The van der Waals surface area contributed by atoms with E-state index in [1.165, 1.54) is 0 Å². The van der Waals surface area contributed by atoms with Crippen molar-refractivity contribution < 1.29 is 4.79 Å². The maximum atomic E-state index is 12.5. The van der Waals surface area contributed by atoms with Crippen LogP contribution in [0.25, 0.3) is 0 Å². The highest BCUT2D eigenvalue weighted by molar-refractivity contribution is 6.03. The number of carbonyl (C=O) groups is 1. The third-order valence-corrected chi connectivity index (χ3v) is 3.42. The van der Waals surface area contributed by atoms with Crippen molar-refractivity contribution in [1.82, 2.24) is 25.2 Å². The minimum absolute atomic E-state index is 0.156. The summed E-state index contributed by atoms with van der Waals surface area (Å²) in [6.45, 7) is 5.55. The zero-order valence-corrected chi connectivity index (χ0v) is 11.5. The fourth-order valence-corrected chi connectivity index (χ4v) is 2.22. The van der Waals surface area contributed by atoms with Gasteiger partial charge in [0.2, 0.25) is 0 Å². The maximum Gasteiger partial charge on any atom is 0.279 e. The van der Waals surface area contributed by atoms with Crippen molar-refractivity contribution in [2.24, 2.45) is 0 Å². The van der Waals surface area contributed by atoms with Gasteiger partial charge < -0.3 is 0 Å². The molecule has 2 aromatic heterocycles. The molecule has 0 aromatic carbocycles. The van der Waals surface area contributed by atoms with Gasteiger partial charge in [-0.25, -0.2) is 4.68 Å². The molecule has 1 aliphatic rings. The monoisotopic (exact) mass is 272 g/mol. The second-order valence-electron chi connectivity index (χ2n) is 5.14. The standard InChI is InChI=1S/C13H16N6O/c1-9(2)10-4-5-11(14-8-10)12(20)18-6-3-7-19-13(18)15-16-17-19/h4-5,8-9H,3,6-7H2,1-2H3. The van der Waals surface area contributed by atoms with E-state index < -0.39 is 0 Å². The zero-order valence-electron chi connectivity index (χ0n) is 11.5. The number of carbonyl (C=O) groups excluding carboxylic acids is 1. The third kappa shape index (κ3) is 2.15. The zero-order chi connectivity index (χ0) is 14.1. The molecule has 1 aliphatic heterocycles. The van der Waals surface area contributed by atoms with E-state index in [-0.39, 0.29) is 5.91 Å². The van der Waals surface area contributed by atoms with Crippen LogP contribution in [0.1, 0.15) is 42.2 Å². The summed E-state index contributed by atoms with van der Waals surface area (Å²) in [5.41, 5.74) is 1.54. The predicted molar refractivity (Wildman–Crippen MR) is 72.4 cm³/mol. The predicted octanol–water partition coefficient (Wildman–Crippen LogP) is 1.24. The molecule has 2 aromatic rings. The van der Waals surface area contributed by atoms with Gasteiger partial charge >= 0.3 is 0 Å². The number of hydrogen-bond acceptors (Lipinski definition) is 5. The molecule has 3 rings (SSSR count). The van der Waals surface area contributed by atoms with E-state index >= 15 is 0 Å². The van der Waals surface area contributed by atoms with Crippen LogP contribution < -0.4 is 4.90 Å². The quantitative estimate of drug-likeness (QED) is 0.822. The van der Waals surface area contributed by atoms with Gasteiger partial charge in [-0.1, -0.05) is 25.0 Å². The van der Waals surface area contributed by atoms with E-state index in [4.69, 9.17) is 0 Å². The van der Waals surface area contributed by atoms with Crippen LogP contribution in [0.4, 0.5) is 5.95 Å². The van der Waals surface area contributed by atoms with Crippen LogP contribution in [0, 0.1) is 0 Å². The molecule has 20 heavy (non-hydrogen) atoms. The van der Waals surface area contributed by atoms with E-state index in [1.807, 2.05) is 6.07 Å². The lowest BCUT2D eigenvalue weighted by Crippen LogP contribution is -2.38. The van der Waals surface area contributed by atoms with E-state index in [0.717, 1.165) is 18.5 Å². The molecule has 0 aliphatic carbocycles. The molecule has 7 heteroatoms. The van der Waals surface area contributed by atoms with Crippen LogP contribution in [-0.4, -0.2) is 37.6 Å². The summed E-state index contributed by atoms with van der Waals surface area (Å²) in [6.07, 6.45) is 2.60. The van der Waals surface area contributed by atoms with Crippen LogP contribution in [0.2, 0.25) is 0 Å². The second kappa shape index (κ2) is 4.99. The summed E-state index contributed by atoms with van der Waals surface area (Å²) < 4.78 is 1.64. The number of rotatable bonds is 2. The Balaban J connectivity index is 1.87. The molecule has 0 atom stereocenters. The lowest BCUT2D eigenvalue weighted by molar-refractivity contribution is 0.0975. The van der Waals surface area contributed by atoms with Crippen molar-refractivity contribution in [3.05, 3.63) is 29.6 Å². The summed E-state index contributed by atoms with van der Waals surface area (Å²) in [6, 6.07) is 3.71. The Hall–Kier alpha value is -2.31. The number of tetrazole rings is 1. The first-order chi connectivity index (χ1) is 9.66. The van der Waals surface area contributed by atoms with Gasteiger partial charge in [-0.2, -0.15) is 0 Å². The lowest BCUT2D eigenvalue weighted by atomic mass is 10.1. The minimum Gasteiger partial charge on any atom is -0.274 e. The van der Waals surface area contributed by atoms with Gasteiger partial charge in [0, 0.05) is 19.3 Å². The van der Waals surface area contributed by atoms with Crippen LogP contribution in [0.3, 0.4) is 0 Å². The van der Waals surface area contributed by atoms with Crippen molar-refractivity contribution in [1.29, 1.82) is 0 Å². The topological polar surface area (TPSA) is 76.8 Å². The summed E-state index contributed by atoms with van der Waals surface area (Å²) >= 11 is 0. The number of pyridine rings is 1. The van der Waals surface area contributed by atoms with Gasteiger partial charge in [-0.15, -0.1) is 0 Å². The fourth-order valence-electron chi connectivity index (χ4n) is 2.22. The van der Waals surface area contributed by atoms with Gasteiger partial charge in [0.05, 0.1) is 0 Å². The molecule has 0 saturated carbocycles. The smallest absolute Gasteiger partial charge is 0.274 e. The van der Waals surface area contributed by atoms with Crippen molar-refractivity contribution >= 4 is 11.9 Å². The number of fused-ring (bicyclic) bond motifs is 1. The van der Waals surface area contributed by atoms with Gasteiger partial charge in [0.25, 0.3) is 11.9 Å². The fraction of sp³-hybridized carbons (Fsp3) is 0.462. The van der Waals surface area contributed by atoms with Crippen molar-refractivity contribution in [3.63, 3.8) is 0 Å². The van der Waals surface area contributed by atoms with Crippen molar-refractivity contribution in [3.8, 4) is 0 Å².